The maximum absolute atomic E-state index is 14.5. The van der Waals surface area contributed by atoms with Gasteiger partial charge < -0.3 is 14.8 Å². The predicted octanol–water partition coefficient (Wildman–Crippen LogP) is 3.48. The predicted molar refractivity (Wildman–Crippen MR) is 90.2 cm³/mol. The molecule has 0 aliphatic rings. The van der Waals surface area contributed by atoms with Gasteiger partial charge in [-0.3, -0.25) is 0 Å². The van der Waals surface area contributed by atoms with Crippen molar-refractivity contribution in [3.63, 3.8) is 0 Å². The van der Waals surface area contributed by atoms with Gasteiger partial charge in [-0.1, -0.05) is 0 Å². The van der Waals surface area contributed by atoms with Gasteiger partial charge in [-0.15, -0.1) is 0 Å². The summed E-state index contributed by atoms with van der Waals surface area (Å²) in [6.45, 7) is 0. The molecule has 0 saturated heterocycles. The lowest BCUT2D eigenvalue weighted by Crippen LogP contribution is -2.05. The second-order valence-corrected chi connectivity index (χ2v) is 7.86. The van der Waals surface area contributed by atoms with E-state index in [9.17, 15) is 22.0 Å². The van der Waals surface area contributed by atoms with E-state index in [4.69, 9.17) is 9.84 Å². The summed E-state index contributed by atoms with van der Waals surface area (Å²) >= 11 is 0. The van der Waals surface area contributed by atoms with Crippen molar-refractivity contribution in [2.24, 2.45) is 0 Å². The van der Waals surface area contributed by atoms with Crippen LogP contribution in [0.25, 0.3) is 10.9 Å². The minimum absolute atomic E-state index is 0.0879. The van der Waals surface area contributed by atoms with Gasteiger partial charge in [0.25, 0.3) is 0 Å². The van der Waals surface area contributed by atoms with Crippen molar-refractivity contribution in [3.05, 3.63) is 59.3 Å². The Labute approximate surface area is 146 Å². The van der Waals surface area contributed by atoms with Gasteiger partial charge in [-0.05, 0) is 24.3 Å². The molecule has 1 aromatic heterocycles. The summed E-state index contributed by atoms with van der Waals surface area (Å²) in [5.41, 5.74) is -0.168. The van der Waals surface area contributed by atoms with Crippen molar-refractivity contribution < 1.29 is 31.8 Å². The minimum Gasteiger partial charge on any atom is -0.478 e. The molecule has 0 fully saturated rings. The van der Waals surface area contributed by atoms with E-state index >= 15 is 0 Å². The fourth-order valence-electron chi connectivity index (χ4n) is 2.59. The lowest BCUT2D eigenvalue weighted by Gasteiger charge is -2.14. The molecule has 0 amide bonds. The van der Waals surface area contributed by atoms with Gasteiger partial charge in [0.05, 0.1) is 11.3 Å². The lowest BCUT2D eigenvalue weighted by molar-refractivity contribution is 0.0691. The topological polar surface area (TPSA) is 96.5 Å². The zero-order valence-electron chi connectivity index (χ0n) is 13.4. The third kappa shape index (κ3) is 3.52. The van der Waals surface area contributed by atoms with Crippen molar-refractivity contribution in [1.29, 1.82) is 0 Å². The van der Waals surface area contributed by atoms with Crippen molar-refractivity contribution in [2.75, 3.05) is 6.26 Å². The molecule has 9 heteroatoms. The van der Waals surface area contributed by atoms with Crippen LogP contribution in [0.1, 0.15) is 15.9 Å². The molecule has 0 radical (unpaired) electrons. The van der Waals surface area contributed by atoms with E-state index < -0.39 is 38.8 Å². The third-order valence-corrected chi connectivity index (χ3v) is 4.47. The van der Waals surface area contributed by atoms with Crippen LogP contribution in [0.15, 0.2) is 36.5 Å². The van der Waals surface area contributed by atoms with Crippen LogP contribution in [0.3, 0.4) is 0 Å². The standard InChI is InChI=1S/C17H13F2NO5S/c1-26(23,24)8-12-10-4-5-20-15(10)7-14(19)16(12)25-9-2-3-13(18)11(6-9)17(21)22/h2-7,20H,8H2,1H3,(H,21,22). The van der Waals surface area contributed by atoms with Crippen molar-refractivity contribution in [3.8, 4) is 11.5 Å². The normalized spacial score (nSPS) is 11.7. The molecule has 136 valence electrons. The number of halogens is 2. The molecule has 0 saturated carbocycles. The van der Waals surface area contributed by atoms with Crippen LogP contribution in [0, 0.1) is 11.6 Å². The fraction of sp³-hybridized carbons (Fsp3) is 0.118. The smallest absolute Gasteiger partial charge is 0.338 e. The highest BCUT2D eigenvalue weighted by Gasteiger charge is 2.21. The van der Waals surface area contributed by atoms with Crippen molar-refractivity contribution >= 4 is 26.7 Å². The number of carbonyl (C=O) groups is 1. The Morgan fingerprint density at radius 2 is 1.92 bits per heavy atom. The summed E-state index contributed by atoms with van der Waals surface area (Å²) < 4.78 is 57.0. The van der Waals surface area contributed by atoms with Gasteiger partial charge in [0.2, 0.25) is 0 Å². The van der Waals surface area contributed by atoms with Crippen LogP contribution < -0.4 is 4.74 Å². The van der Waals surface area contributed by atoms with Crippen LogP contribution >= 0.6 is 0 Å². The Hall–Kier alpha value is -2.94. The molecule has 2 aromatic carbocycles. The number of rotatable bonds is 5. The van der Waals surface area contributed by atoms with Gasteiger partial charge in [0.15, 0.2) is 21.4 Å². The highest BCUT2D eigenvalue weighted by molar-refractivity contribution is 7.89. The zero-order valence-corrected chi connectivity index (χ0v) is 14.2. The second kappa shape index (κ2) is 6.41. The number of benzene rings is 2. The number of H-pyrrole nitrogens is 1. The summed E-state index contributed by atoms with van der Waals surface area (Å²) in [7, 11) is -3.52. The number of carboxylic acid groups (broad SMARTS) is 1. The zero-order chi connectivity index (χ0) is 19.1. The molecule has 0 aliphatic carbocycles. The van der Waals surface area contributed by atoms with E-state index in [0.29, 0.717) is 10.9 Å². The lowest BCUT2D eigenvalue weighted by atomic mass is 10.1. The van der Waals surface area contributed by atoms with Crippen molar-refractivity contribution in [2.45, 2.75) is 5.75 Å². The Bertz CT molecular complexity index is 1120. The van der Waals surface area contributed by atoms with Crippen LogP contribution in [-0.2, 0) is 15.6 Å². The van der Waals surface area contributed by atoms with E-state index in [1.165, 1.54) is 6.20 Å². The molecular formula is C17H13F2NO5S. The molecule has 26 heavy (non-hydrogen) atoms. The molecular weight excluding hydrogens is 368 g/mol. The number of aromatic carboxylic acids is 1. The van der Waals surface area contributed by atoms with E-state index in [2.05, 4.69) is 4.98 Å². The maximum atomic E-state index is 14.5. The fourth-order valence-corrected chi connectivity index (χ4v) is 3.40. The molecule has 0 aliphatic heterocycles. The molecule has 0 bridgehead atoms. The summed E-state index contributed by atoms with van der Waals surface area (Å²) in [5.74, 6) is -4.28. The SMILES string of the molecule is CS(=O)(=O)Cc1c(Oc2ccc(F)c(C(=O)O)c2)c(F)cc2[nH]ccc12. The Morgan fingerprint density at radius 3 is 2.58 bits per heavy atom. The first-order valence-corrected chi connectivity index (χ1v) is 9.38. The molecule has 0 spiro atoms. The molecule has 0 atom stereocenters. The number of carboxylic acids is 1. The second-order valence-electron chi connectivity index (χ2n) is 5.72. The maximum Gasteiger partial charge on any atom is 0.338 e. The Morgan fingerprint density at radius 1 is 1.19 bits per heavy atom. The molecule has 6 nitrogen and oxygen atoms in total. The number of hydrogen-bond acceptors (Lipinski definition) is 4. The highest BCUT2D eigenvalue weighted by Crippen LogP contribution is 2.35. The molecule has 0 unspecified atom stereocenters. The minimum atomic E-state index is -3.52. The summed E-state index contributed by atoms with van der Waals surface area (Å²) in [6.07, 6.45) is 2.53. The van der Waals surface area contributed by atoms with Crippen LogP contribution in [-0.4, -0.2) is 30.7 Å². The van der Waals surface area contributed by atoms with Gasteiger partial charge in [-0.2, -0.15) is 0 Å². The Balaban J connectivity index is 2.15. The number of ether oxygens (including phenoxy) is 1. The molecule has 3 rings (SSSR count). The number of hydrogen-bond donors (Lipinski definition) is 2. The number of sulfone groups is 1. The first kappa shape index (κ1) is 17.9. The molecule has 1 heterocycles. The average molecular weight is 381 g/mol. The Kier molecular flexibility index (Phi) is 4.41. The summed E-state index contributed by atoms with van der Waals surface area (Å²) in [5, 5.41) is 9.43. The van der Waals surface area contributed by atoms with Crippen LogP contribution in [0.2, 0.25) is 0 Å². The van der Waals surface area contributed by atoms with Crippen LogP contribution in [0.4, 0.5) is 8.78 Å². The summed E-state index contributed by atoms with van der Waals surface area (Å²) in [6, 6.07) is 5.63. The van der Waals surface area contributed by atoms with Gasteiger partial charge in [0.1, 0.15) is 11.6 Å². The quantitative estimate of drug-likeness (QED) is 0.705. The monoisotopic (exact) mass is 381 g/mol. The van der Waals surface area contributed by atoms with E-state index in [1.54, 1.807) is 6.07 Å². The van der Waals surface area contributed by atoms with E-state index in [1.807, 2.05) is 0 Å². The number of fused-ring (bicyclic) bond motifs is 1. The van der Waals surface area contributed by atoms with Crippen molar-refractivity contribution in [1.82, 2.24) is 4.98 Å². The van der Waals surface area contributed by atoms with E-state index in [-0.39, 0.29) is 17.1 Å². The number of aromatic amines is 1. The number of aromatic nitrogens is 1. The molecule has 3 aromatic rings. The van der Waals surface area contributed by atoms with Gasteiger partial charge in [0, 0.05) is 35.0 Å². The average Bonchev–Trinajstić information content (AvgIpc) is 2.98. The van der Waals surface area contributed by atoms with Crippen LogP contribution in [0.5, 0.6) is 11.5 Å². The highest BCUT2D eigenvalue weighted by atomic mass is 32.2. The van der Waals surface area contributed by atoms with E-state index in [0.717, 1.165) is 30.5 Å². The third-order valence-electron chi connectivity index (χ3n) is 3.66. The first-order chi connectivity index (χ1) is 12.2. The van der Waals surface area contributed by atoms with Gasteiger partial charge in [-0.25, -0.2) is 22.0 Å². The first-order valence-electron chi connectivity index (χ1n) is 7.32. The number of nitrogens with one attached hydrogen (secondary N) is 1. The summed E-state index contributed by atoms with van der Waals surface area (Å²) in [4.78, 5) is 13.8. The largest absolute Gasteiger partial charge is 0.478 e. The molecule has 2 N–H and O–H groups in total. The van der Waals surface area contributed by atoms with Gasteiger partial charge >= 0.3 is 5.97 Å².